The minimum Gasteiger partial charge on any atom is -0.467 e. The summed E-state index contributed by atoms with van der Waals surface area (Å²) in [4.78, 5) is 29.5. The highest BCUT2D eigenvalue weighted by molar-refractivity contribution is 6.32. The fourth-order valence-corrected chi connectivity index (χ4v) is 2.60. The number of ether oxygens (including phenoxy) is 1. The Morgan fingerprint density at radius 3 is 2.59 bits per heavy atom. The summed E-state index contributed by atoms with van der Waals surface area (Å²) in [6.45, 7) is 2.00. The highest BCUT2D eigenvalue weighted by Crippen LogP contribution is 2.25. The molecule has 2 rings (SSSR count). The van der Waals surface area contributed by atoms with Crippen LogP contribution in [0.2, 0.25) is 5.02 Å². The van der Waals surface area contributed by atoms with E-state index in [4.69, 9.17) is 11.6 Å². The number of benzene rings is 1. The maximum atomic E-state index is 12.5. The molecule has 1 heterocycles. The van der Waals surface area contributed by atoms with E-state index in [1.807, 2.05) is 26.0 Å². The molecule has 0 saturated heterocycles. The van der Waals surface area contributed by atoms with Crippen LogP contribution in [0.25, 0.3) is 0 Å². The summed E-state index contributed by atoms with van der Waals surface area (Å²) in [5.41, 5.74) is 2.59. The number of carbonyl (C=O) groups is 2. The molecule has 0 spiro atoms. The standard InChI is InChI=1S/C19H19ClF3N3O3/c1-11-5-4-6-15(12(11)2)25-16(27)9-26(3)18(28)13-7-14(20)17(24-8-13)29-10-19(21,22)23/h4-8H,9-10H2,1-3H3,(H,25,27). The van der Waals surface area contributed by atoms with Crippen molar-refractivity contribution in [3.63, 3.8) is 0 Å². The maximum absolute atomic E-state index is 12.5. The number of alkyl halides is 3. The molecule has 0 atom stereocenters. The monoisotopic (exact) mass is 429 g/mol. The second-order valence-electron chi connectivity index (χ2n) is 6.37. The van der Waals surface area contributed by atoms with Crippen LogP contribution in [0, 0.1) is 13.8 Å². The molecule has 1 N–H and O–H groups in total. The van der Waals surface area contributed by atoms with E-state index in [2.05, 4.69) is 15.0 Å². The van der Waals surface area contributed by atoms with E-state index in [-0.39, 0.29) is 17.1 Å². The van der Waals surface area contributed by atoms with Gasteiger partial charge in [0, 0.05) is 18.9 Å². The maximum Gasteiger partial charge on any atom is 0.422 e. The van der Waals surface area contributed by atoms with Crippen molar-refractivity contribution in [2.45, 2.75) is 20.0 Å². The highest BCUT2D eigenvalue weighted by Gasteiger charge is 2.29. The van der Waals surface area contributed by atoms with Crippen LogP contribution in [0.1, 0.15) is 21.5 Å². The fraction of sp³-hybridized carbons (Fsp3) is 0.316. The van der Waals surface area contributed by atoms with E-state index in [0.717, 1.165) is 28.3 Å². The minimum absolute atomic E-state index is 0.0106. The SMILES string of the molecule is Cc1cccc(NC(=O)CN(C)C(=O)c2cnc(OCC(F)(F)F)c(Cl)c2)c1C. The van der Waals surface area contributed by atoms with Gasteiger partial charge in [-0.15, -0.1) is 0 Å². The van der Waals surface area contributed by atoms with Crippen LogP contribution in [-0.2, 0) is 4.79 Å². The van der Waals surface area contributed by atoms with Gasteiger partial charge in [-0.05, 0) is 37.1 Å². The lowest BCUT2D eigenvalue weighted by Gasteiger charge is -2.18. The molecular weight excluding hydrogens is 411 g/mol. The summed E-state index contributed by atoms with van der Waals surface area (Å²) in [6, 6.07) is 6.62. The summed E-state index contributed by atoms with van der Waals surface area (Å²) >= 11 is 5.85. The normalized spacial score (nSPS) is 11.1. The van der Waals surface area contributed by atoms with Crippen LogP contribution >= 0.6 is 11.6 Å². The molecular formula is C19H19ClF3N3O3. The molecule has 0 unspecified atom stereocenters. The number of amides is 2. The van der Waals surface area contributed by atoms with Gasteiger partial charge >= 0.3 is 6.18 Å². The molecule has 1 aromatic heterocycles. The van der Waals surface area contributed by atoms with Gasteiger partial charge in [-0.25, -0.2) is 4.98 Å². The molecule has 10 heteroatoms. The first-order chi connectivity index (χ1) is 13.5. The van der Waals surface area contributed by atoms with Crippen LogP contribution in [0.15, 0.2) is 30.5 Å². The topological polar surface area (TPSA) is 71.5 Å². The van der Waals surface area contributed by atoms with Crippen molar-refractivity contribution in [2.75, 3.05) is 25.5 Å². The van der Waals surface area contributed by atoms with Gasteiger partial charge < -0.3 is 15.0 Å². The Labute approximate surface area is 170 Å². The molecule has 2 amide bonds. The van der Waals surface area contributed by atoms with Gasteiger partial charge in [0.05, 0.1) is 12.1 Å². The Morgan fingerprint density at radius 1 is 1.28 bits per heavy atom. The highest BCUT2D eigenvalue weighted by atomic mass is 35.5. The van der Waals surface area contributed by atoms with Crippen molar-refractivity contribution in [2.24, 2.45) is 0 Å². The number of hydrogen-bond donors (Lipinski definition) is 1. The number of aryl methyl sites for hydroxylation is 1. The third kappa shape index (κ3) is 6.35. The number of anilines is 1. The van der Waals surface area contributed by atoms with Crippen LogP contribution in [0.5, 0.6) is 5.88 Å². The number of rotatable bonds is 6. The molecule has 0 bridgehead atoms. The van der Waals surface area contributed by atoms with Crippen LogP contribution < -0.4 is 10.1 Å². The average molecular weight is 430 g/mol. The number of halogens is 4. The number of carbonyl (C=O) groups excluding carboxylic acids is 2. The van der Waals surface area contributed by atoms with E-state index in [9.17, 15) is 22.8 Å². The van der Waals surface area contributed by atoms with Crippen LogP contribution in [0.4, 0.5) is 18.9 Å². The number of hydrogen-bond acceptors (Lipinski definition) is 4. The van der Waals surface area contributed by atoms with E-state index < -0.39 is 30.5 Å². The third-order valence-corrected chi connectivity index (χ3v) is 4.30. The summed E-state index contributed by atoms with van der Waals surface area (Å²) in [5, 5.41) is 2.50. The Hall–Kier alpha value is -2.81. The van der Waals surface area contributed by atoms with Gasteiger partial charge in [0.2, 0.25) is 11.8 Å². The van der Waals surface area contributed by atoms with Gasteiger partial charge in [0.15, 0.2) is 6.61 Å². The van der Waals surface area contributed by atoms with E-state index in [1.165, 1.54) is 7.05 Å². The molecule has 0 aliphatic rings. The van der Waals surface area contributed by atoms with Crippen molar-refractivity contribution in [1.29, 1.82) is 0 Å². The number of aromatic nitrogens is 1. The summed E-state index contributed by atoms with van der Waals surface area (Å²) in [6.07, 6.45) is -3.50. The van der Waals surface area contributed by atoms with Crippen molar-refractivity contribution in [3.05, 3.63) is 52.2 Å². The minimum atomic E-state index is -4.54. The van der Waals surface area contributed by atoms with Crippen LogP contribution in [0.3, 0.4) is 0 Å². The summed E-state index contributed by atoms with van der Waals surface area (Å²) in [7, 11) is 1.41. The number of nitrogens with one attached hydrogen (secondary N) is 1. The summed E-state index contributed by atoms with van der Waals surface area (Å²) in [5.74, 6) is -1.41. The average Bonchev–Trinajstić information content (AvgIpc) is 2.63. The Kier molecular flexibility index (Phi) is 7.07. The van der Waals surface area contributed by atoms with Gasteiger partial charge in [-0.3, -0.25) is 9.59 Å². The smallest absolute Gasteiger partial charge is 0.422 e. The number of pyridine rings is 1. The lowest BCUT2D eigenvalue weighted by atomic mass is 10.1. The van der Waals surface area contributed by atoms with E-state index in [1.54, 1.807) is 6.07 Å². The van der Waals surface area contributed by atoms with E-state index >= 15 is 0 Å². The second kappa shape index (κ2) is 9.13. The Balaban J connectivity index is 2.01. The molecule has 0 radical (unpaired) electrons. The lowest BCUT2D eigenvalue weighted by molar-refractivity contribution is -0.154. The molecule has 1 aromatic carbocycles. The molecule has 0 aliphatic carbocycles. The fourth-order valence-electron chi connectivity index (χ4n) is 2.38. The summed E-state index contributed by atoms with van der Waals surface area (Å²) < 4.78 is 41.1. The van der Waals surface area contributed by atoms with Crippen LogP contribution in [-0.4, -0.2) is 48.1 Å². The molecule has 156 valence electrons. The predicted molar refractivity (Wildman–Crippen MR) is 102 cm³/mol. The molecule has 29 heavy (non-hydrogen) atoms. The first kappa shape index (κ1) is 22.5. The Morgan fingerprint density at radius 2 is 1.97 bits per heavy atom. The number of likely N-dealkylation sites (N-methyl/N-ethyl adjacent to an activating group) is 1. The van der Waals surface area contributed by atoms with Gasteiger partial charge in [-0.2, -0.15) is 13.2 Å². The molecule has 6 nitrogen and oxygen atoms in total. The van der Waals surface area contributed by atoms with Crippen molar-refractivity contribution < 1.29 is 27.5 Å². The molecule has 2 aromatic rings. The first-order valence-corrected chi connectivity index (χ1v) is 8.82. The lowest BCUT2D eigenvalue weighted by Crippen LogP contribution is -2.35. The zero-order chi connectivity index (χ0) is 21.8. The molecule has 0 fully saturated rings. The molecule has 0 aliphatic heterocycles. The van der Waals surface area contributed by atoms with Gasteiger partial charge in [0.25, 0.3) is 5.91 Å². The van der Waals surface area contributed by atoms with Crippen molar-refractivity contribution >= 4 is 29.1 Å². The zero-order valence-electron chi connectivity index (χ0n) is 15.9. The number of nitrogens with zero attached hydrogens (tertiary/aromatic N) is 2. The third-order valence-electron chi connectivity index (χ3n) is 4.03. The largest absolute Gasteiger partial charge is 0.467 e. The predicted octanol–water partition coefficient (Wildman–Crippen LogP) is 4.00. The first-order valence-electron chi connectivity index (χ1n) is 8.44. The van der Waals surface area contributed by atoms with Crippen molar-refractivity contribution in [3.8, 4) is 5.88 Å². The van der Waals surface area contributed by atoms with Crippen molar-refractivity contribution in [1.82, 2.24) is 9.88 Å². The molecule has 0 saturated carbocycles. The second-order valence-corrected chi connectivity index (χ2v) is 6.78. The van der Waals surface area contributed by atoms with Gasteiger partial charge in [0.1, 0.15) is 5.02 Å². The zero-order valence-corrected chi connectivity index (χ0v) is 16.7. The van der Waals surface area contributed by atoms with E-state index in [0.29, 0.717) is 5.69 Å². The Bertz CT molecular complexity index is 919. The quantitative estimate of drug-likeness (QED) is 0.753. The van der Waals surface area contributed by atoms with Gasteiger partial charge in [-0.1, -0.05) is 23.7 Å².